The van der Waals surface area contributed by atoms with Gasteiger partial charge >= 0.3 is 0 Å². The Morgan fingerprint density at radius 2 is 1.70 bits per heavy atom. The first-order valence-electron chi connectivity index (χ1n) is 6.82. The van der Waals surface area contributed by atoms with Crippen molar-refractivity contribution in [2.45, 2.75) is 6.54 Å². The third-order valence-corrected chi connectivity index (χ3v) is 3.66. The lowest BCUT2D eigenvalue weighted by Gasteiger charge is -2.09. The second-order valence-corrected chi connectivity index (χ2v) is 5.31. The quantitative estimate of drug-likeness (QED) is 0.770. The highest BCUT2D eigenvalue weighted by atomic mass is 35.5. The lowest BCUT2D eigenvalue weighted by Crippen LogP contribution is -2.34. The number of carbonyl (C=O) groups is 1. The summed E-state index contributed by atoms with van der Waals surface area (Å²) in [5.41, 5.74) is -0.421. The number of nitrogens with zero attached hydrogens (tertiary/aromatic N) is 1. The lowest BCUT2D eigenvalue weighted by atomic mass is 10.2. The minimum Gasteiger partial charge on any atom is -0.323 e. The van der Waals surface area contributed by atoms with Crippen LogP contribution in [0.4, 0.5) is 5.69 Å². The van der Waals surface area contributed by atoms with Crippen molar-refractivity contribution in [1.82, 2.24) is 9.78 Å². The molecule has 0 atom stereocenters. The summed E-state index contributed by atoms with van der Waals surface area (Å²) in [5.74, 6) is -0.467. The summed E-state index contributed by atoms with van der Waals surface area (Å²) in [6, 6.07) is 13.2. The molecular formula is C16H12ClN3O3. The molecule has 0 aliphatic heterocycles. The monoisotopic (exact) mass is 329 g/mol. The Morgan fingerprint density at radius 1 is 1.04 bits per heavy atom. The predicted octanol–water partition coefficient (Wildman–Crippen LogP) is 1.98. The van der Waals surface area contributed by atoms with Gasteiger partial charge in [-0.2, -0.15) is 0 Å². The maximum absolute atomic E-state index is 12.3. The number of anilines is 1. The van der Waals surface area contributed by atoms with Gasteiger partial charge in [0.15, 0.2) is 0 Å². The van der Waals surface area contributed by atoms with E-state index in [9.17, 15) is 14.4 Å². The Balaban J connectivity index is 1.91. The fourth-order valence-electron chi connectivity index (χ4n) is 2.25. The lowest BCUT2D eigenvalue weighted by molar-refractivity contribution is -0.117. The number of rotatable bonds is 3. The summed E-state index contributed by atoms with van der Waals surface area (Å²) in [4.78, 5) is 36.4. The molecule has 1 aromatic heterocycles. The van der Waals surface area contributed by atoms with Crippen LogP contribution in [0.3, 0.4) is 0 Å². The zero-order valence-electron chi connectivity index (χ0n) is 11.9. The average molecular weight is 330 g/mol. The highest BCUT2D eigenvalue weighted by Gasteiger charge is 2.11. The van der Waals surface area contributed by atoms with E-state index in [-0.39, 0.29) is 11.9 Å². The fourth-order valence-corrected chi connectivity index (χ4v) is 2.44. The highest BCUT2D eigenvalue weighted by molar-refractivity contribution is 6.33. The van der Waals surface area contributed by atoms with E-state index in [4.69, 9.17) is 11.6 Å². The number of carbonyl (C=O) groups excluding carboxylic acids is 1. The number of nitrogens with one attached hydrogen (secondary N) is 2. The van der Waals surface area contributed by atoms with Crippen LogP contribution in [-0.2, 0) is 11.3 Å². The molecule has 2 aromatic carbocycles. The van der Waals surface area contributed by atoms with Crippen molar-refractivity contribution in [3.05, 3.63) is 74.3 Å². The number of fused-ring (bicyclic) bond motifs is 1. The molecule has 1 amide bonds. The van der Waals surface area contributed by atoms with Crippen molar-refractivity contribution in [2.24, 2.45) is 0 Å². The molecule has 0 fully saturated rings. The van der Waals surface area contributed by atoms with Gasteiger partial charge in [0, 0.05) is 0 Å². The summed E-state index contributed by atoms with van der Waals surface area (Å²) in [5, 5.41) is 5.95. The Bertz CT molecular complexity index is 1010. The molecule has 0 saturated carbocycles. The number of para-hydroxylation sites is 1. The van der Waals surface area contributed by atoms with Crippen LogP contribution in [0.2, 0.25) is 5.02 Å². The predicted molar refractivity (Wildman–Crippen MR) is 88.9 cm³/mol. The normalized spacial score (nSPS) is 10.7. The molecular weight excluding hydrogens is 318 g/mol. The minimum absolute atomic E-state index is 0.266. The molecule has 7 heteroatoms. The standard InChI is InChI=1S/C16H12ClN3O3/c17-12-7-3-4-8-13(12)18-14(21)9-20-16(23)11-6-2-1-5-10(11)15(22)19-20/h1-8H,9H2,(H,18,21)(H,19,22). The van der Waals surface area contributed by atoms with Crippen molar-refractivity contribution < 1.29 is 4.79 Å². The van der Waals surface area contributed by atoms with Crippen LogP contribution in [0, 0.1) is 0 Å². The van der Waals surface area contributed by atoms with Crippen molar-refractivity contribution in [3.63, 3.8) is 0 Å². The van der Waals surface area contributed by atoms with Crippen LogP contribution in [0.5, 0.6) is 0 Å². The average Bonchev–Trinajstić information content (AvgIpc) is 2.54. The zero-order chi connectivity index (χ0) is 16.4. The molecule has 0 unspecified atom stereocenters. The molecule has 3 aromatic rings. The largest absolute Gasteiger partial charge is 0.323 e. The van der Waals surface area contributed by atoms with Crippen molar-refractivity contribution in [2.75, 3.05) is 5.32 Å². The van der Waals surface area contributed by atoms with Crippen molar-refractivity contribution >= 4 is 34.0 Å². The van der Waals surface area contributed by atoms with E-state index >= 15 is 0 Å². The van der Waals surface area contributed by atoms with Crippen LogP contribution >= 0.6 is 11.6 Å². The molecule has 1 heterocycles. The number of aromatic nitrogens is 2. The van der Waals surface area contributed by atoms with E-state index in [0.29, 0.717) is 16.1 Å². The van der Waals surface area contributed by atoms with Crippen molar-refractivity contribution in [3.8, 4) is 0 Å². The van der Waals surface area contributed by atoms with Gasteiger partial charge in [-0.3, -0.25) is 19.5 Å². The van der Waals surface area contributed by atoms with E-state index in [0.717, 1.165) is 4.68 Å². The smallest absolute Gasteiger partial charge is 0.273 e. The van der Waals surface area contributed by atoms with Crippen molar-refractivity contribution in [1.29, 1.82) is 0 Å². The number of hydrogen-bond acceptors (Lipinski definition) is 3. The molecule has 0 radical (unpaired) electrons. The number of aromatic amines is 1. The number of amides is 1. The molecule has 0 bridgehead atoms. The third-order valence-electron chi connectivity index (χ3n) is 3.33. The van der Waals surface area contributed by atoms with E-state index in [2.05, 4.69) is 10.4 Å². The Kier molecular flexibility index (Phi) is 3.99. The van der Waals surface area contributed by atoms with Crippen LogP contribution in [0.15, 0.2) is 58.1 Å². The molecule has 116 valence electrons. The molecule has 0 aliphatic rings. The second-order valence-electron chi connectivity index (χ2n) is 4.91. The summed E-state index contributed by atoms with van der Waals surface area (Å²) >= 11 is 5.96. The summed E-state index contributed by atoms with van der Waals surface area (Å²) in [6.45, 7) is -0.315. The van der Waals surface area contributed by atoms with Gasteiger partial charge < -0.3 is 5.32 Å². The Hall–Kier alpha value is -2.86. The van der Waals surface area contributed by atoms with Crippen LogP contribution in [-0.4, -0.2) is 15.7 Å². The first-order chi connectivity index (χ1) is 11.1. The Labute approximate surface area is 135 Å². The maximum atomic E-state index is 12.3. The molecule has 6 nitrogen and oxygen atoms in total. The molecule has 23 heavy (non-hydrogen) atoms. The van der Waals surface area contributed by atoms with Crippen LogP contribution in [0.1, 0.15) is 0 Å². The molecule has 0 aliphatic carbocycles. The van der Waals surface area contributed by atoms with Gasteiger partial charge in [-0.25, -0.2) is 4.68 Å². The van der Waals surface area contributed by atoms with Gasteiger partial charge in [0.25, 0.3) is 11.1 Å². The fraction of sp³-hybridized carbons (Fsp3) is 0.0625. The molecule has 0 saturated heterocycles. The topological polar surface area (TPSA) is 84.0 Å². The summed E-state index contributed by atoms with van der Waals surface area (Å²) in [6.07, 6.45) is 0. The zero-order valence-corrected chi connectivity index (χ0v) is 12.6. The summed E-state index contributed by atoms with van der Waals surface area (Å²) < 4.78 is 0.983. The number of hydrogen-bond donors (Lipinski definition) is 2. The molecule has 2 N–H and O–H groups in total. The molecule has 0 spiro atoms. The maximum Gasteiger partial charge on any atom is 0.273 e. The van der Waals surface area contributed by atoms with Gasteiger partial charge in [0.1, 0.15) is 6.54 Å². The second kappa shape index (κ2) is 6.10. The van der Waals surface area contributed by atoms with Crippen LogP contribution in [0.25, 0.3) is 10.8 Å². The highest BCUT2D eigenvalue weighted by Crippen LogP contribution is 2.20. The van der Waals surface area contributed by atoms with E-state index in [1.165, 1.54) is 0 Å². The first kappa shape index (κ1) is 15.1. The van der Waals surface area contributed by atoms with E-state index in [1.807, 2.05) is 0 Å². The minimum atomic E-state index is -0.467. The number of benzene rings is 2. The van der Waals surface area contributed by atoms with E-state index < -0.39 is 17.0 Å². The van der Waals surface area contributed by atoms with Gasteiger partial charge in [-0.15, -0.1) is 0 Å². The first-order valence-corrected chi connectivity index (χ1v) is 7.20. The van der Waals surface area contributed by atoms with Crippen LogP contribution < -0.4 is 16.4 Å². The van der Waals surface area contributed by atoms with Gasteiger partial charge in [-0.1, -0.05) is 35.9 Å². The molecule has 3 rings (SSSR count). The summed E-state index contributed by atoms with van der Waals surface area (Å²) in [7, 11) is 0. The Morgan fingerprint density at radius 3 is 2.43 bits per heavy atom. The van der Waals surface area contributed by atoms with Gasteiger partial charge in [0.05, 0.1) is 21.5 Å². The SMILES string of the molecule is O=C(Cn1[nH]c(=O)c2ccccc2c1=O)Nc1ccccc1Cl. The third kappa shape index (κ3) is 3.02. The van der Waals surface area contributed by atoms with Gasteiger partial charge in [0.2, 0.25) is 5.91 Å². The number of halogens is 1. The van der Waals surface area contributed by atoms with Gasteiger partial charge in [-0.05, 0) is 24.3 Å². The van der Waals surface area contributed by atoms with E-state index in [1.54, 1.807) is 48.5 Å². The number of H-pyrrole nitrogens is 1.